The fraction of sp³-hybridized carbons (Fsp3) is 0.0435. The first kappa shape index (κ1) is 21.7. The molecule has 4 nitrogen and oxygen atoms in total. The molecule has 1 amide bonds. The number of halogens is 3. The Balaban J connectivity index is 1.68. The molecule has 0 aliphatic heterocycles. The number of hydrogen-bond acceptors (Lipinski definition) is 3. The highest BCUT2D eigenvalue weighted by Gasteiger charge is 2.12. The summed E-state index contributed by atoms with van der Waals surface area (Å²) in [4.78, 5) is 12.4. The van der Waals surface area contributed by atoms with Gasteiger partial charge >= 0.3 is 0 Å². The van der Waals surface area contributed by atoms with Gasteiger partial charge in [0.25, 0.3) is 5.91 Å². The summed E-state index contributed by atoms with van der Waals surface area (Å²) < 4.78 is 5.73. The lowest BCUT2D eigenvalue weighted by molar-refractivity contribution is -0.112. The summed E-state index contributed by atoms with van der Waals surface area (Å²) in [5.74, 6) is 0.0569. The van der Waals surface area contributed by atoms with Gasteiger partial charge in [-0.05, 0) is 48.0 Å². The van der Waals surface area contributed by atoms with Gasteiger partial charge in [0.2, 0.25) is 0 Å². The number of nitrogens with zero attached hydrogens (tertiary/aromatic N) is 1. The number of ether oxygens (including phenoxy) is 1. The lowest BCUT2D eigenvalue weighted by atomic mass is 10.1. The van der Waals surface area contributed by atoms with Crippen LogP contribution in [0.1, 0.15) is 11.1 Å². The molecule has 0 aliphatic rings. The molecule has 0 radical (unpaired) electrons. The molecule has 3 aromatic carbocycles. The van der Waals surface area contributed by atoms with Gasteiger partial charge in [-0.25, -0.2) is 0 Å². The third-order valence-electron chi connectivity index (χ3n) is 4.08. The summed E-state index contributed by atoms with van der Waals surface area (Å²) in [5, 5.41) is 13.4. The van der Waals surface area contributed by atoms with E-state index >= 15 is 0 Å². The van der Waals surface area contributed by atoms with Crippen LogP contribution in [0, 0.1) is 11.3 Å². The summed E-state index contributed by atoms with van der Waals surface area (Å²) in [6.45, 7) is 0.334. The first-order chi connectivity index (χ1) is 14.5. The molecule has 1 N–H and O–H groups in total. The maximum absolute atomic E-state index is 12.4. The maximum Gasteiger partial charge on any atom is 0.266 e. The molecule has 0 aliphatic carbocycles. The van der Waals surface area contributed by atoms with Crippen molar-refractivity contribution in [2.45, 2.75) is 6.61 Å². The number of carbonyl (C=O) groups excluding carboxylic acids is 1. The summed E-state index contributed by atoms with van der Waals surface area (Å²) in [6, 6.07) is 21.0. The van der Waals surface area contributed by atoms with E-state index in [9.17, 15) is 10.1 Å². The van der Waals surface area contributed by atoms with Crippen LogP contribution in [-0.2, 0) is 11.4 Å². The van der Waals surface area contributed by atoms with Crippen molar-refractivity contribution in [3.63, 3.8) is 0 Å². The Kier molecular flexibility index (Phi) is 7.37. The largest absolute Gasteiger partial charge is 0.489 e. The molecule has 0 bridgehead atoms. The predicted molar refractivity (Wildman–Crippen MR) is 121 cm³/mol. The molecule has 0 unspecified atom stereocenters. The lowest BCUT2D eigenvalue weighted by Crippen LogP contribution is -2.13. The number of rotatable bonds is 6. The standard InChI is InChI=1S/C23H15Cl3N2O2/c24-18-7-10-21(26)22(12-18)28-23(29)17(13-27)11-15-5-8-19(9-6-15)30-14-16-3-1-2-4-20(16)25/h1-12H,14H2,(H,28,29)/b17-11+. The highest BCUT2D eigenvalue weighted by Crippen LogP contribution is 2.26. The van der Waals surface area contributed by atoms with Crippen LogP contribution in [0.25, 0.3) is 6.08 Å². The highest BCUT2D eigenvalue weighted by atomic mass is 35.5. The summed E-state index contributed by atoms with van der Waals surface area (Å²) in [6.07, 6.45) is 1.48. The van der Waals surface area contributed by atoms with Gasteiger partial charge in [0.15, 0.2) is 0 Å². The monoisotopic (exact) mass is 456 g/mol. The van der Waals surface area contributed by atoms with Crippen molar-refractivity contribution < 1.29 is 9.53 Å². The van der Waals surface area contributed by atoms with E-state index < -0.39 is 5.91 Å². The van der Waals surface area contributed by atoms with E-state index in [4.69, 9.17) is 39.5 Å². The molecular formula is C23H15Cl3N2O2. The van der Waals surface area contributed by atoms with Crippen LogP contribution < -0.4 is 10.1 Å². The number of carbonyl (C=O) groups is 1. The van der Waals surface area contributed by atoms with Gasteiger partial charge < -0.3 is 10.1 Å². The van der Waals surface area contributed by atoms with Crippen LogP contribution in [0.4, 0.5) is 5.69 Å². The lowest BCUT2D eigenvalue weighted by Gasteiger charge is -2.08. The second-order valence-corrected chi connectivity index (χ2v) is 7.45. The molecule has 0 heterocycles. The molecular weight excluding hydrogens is 443 g/mol. The molecule has 0 saturated heterocycles. The SMILES string of the molecule is N#C/C(=C\c1ccc(OCc2ccccc2Cl)cc1)C(=O)Nc1cc(Cl)ccc1Cl. The van der Waals surface area contributed by atoms with Gasteiger partial charge in [-0.2, -0.15) is 5.26 Å². The number of nitrogens with one attached hydrogen (secondary N) is 1. The number of amides is 1. The average Bonchev–Trinajstić information content (AvgIpc) is 2.75. The molecule has 0 aromatic heterocycles. The zero-order valence-corrected chi connectivity index (χ0v) is 17.8. The normalized spacial score (nSPS) is 10.9. The third-order valence-corrected chi connectivity index (χ3v) is 5.02. The number of hydrogen-bond donors (Lipinski definition) is 1. The van der Waals surface area contributed by atoms with Crippen molar-refractivity contribution in [2.75, 3.05) is 5.32 Å². The van der Waals surface area contributed by atoms with Crippen molar-refractivity contribution in [1.82, 2.24) is 0 Å². The zero-order chi connectivity index (χ0) is 21.5. The molecule has 150 valence electrons. The molecule has 0 fully saturated rings. The van der Waals surface area contributed by atoms with Crippen molar-refractivity contribution in [3.8, 4) is 11.8 Å². The van der Waals surface area contributed by atoms with Crippen molar-refractivity contribution in [1.29, 1.82) is 5.26 Å². The minimum absolute atomic E-state index is 0.0734. The van der Waals surface area contributed by atoms with E-state index in [-0.39, 0.29) is 5.57 Å². The Morgan fingerprint density at radius 3 is 2.43 bits per heavy atom. The van der Waals surface area contributed by atoms with Crippen molar-refractivity contribution >= 4 is 52.5 Å². The van der Waals surface area contributed by atoms with Crippen LogP contribution in [-0.4, -0.2) is 5.91 Å². The number of benzene rings is 3. The second kappa shape index (κ2) is 10.2. The highest BCUT2D eigenvalue weighted by molar-refractivity contribution is 6.36. The fourth-order valence-electron chi connectivity index (χ4n) is 2.54. The van der Waals surface area contributed by atoms with E-state index in [1.54, 1.807) is 42.5 Å². The van der Waals surface area contributed by atoms with E-state index in [1.165, 1.54) is 12.1 Å². The van der Waals surface area contributed by atoms with E-state index in [1.807, 2.05) is 24.3 Å². The van der Waals surface area contributed by atoms with E-state index in [0.717, 1.165) is 5.56 Å². The minimum atomic E-state index is -0.583. The van der Waals surface area contributed by atoms with E-state index in [0.29, 0.717) is 38.7 Å². The van der Waals surface area contributed by atoms with Gasteiger partial charge in [0.05, 0.1) is 10.7 Å². The van der Waals surface area contributed by atoms with Gasteiger partial charge in [-0.3, -0.25) is 4.79 Å². The van der Waals surface area contributed by atoms with Crippen molar-refractivity contribution in [2.24, 2.45) is 0 Å². The summed E-state index contributed by atoms with van der Waals surface area (Å²) in [5.41, 5.74) is 1.81. The van der Waals surface area contributed by atoms with Gasteiger partial charge in [-0.15, -0.1) is 0 Å². The molecule has 0 atom stereocenters. The average molecular weight is 458 g/mol. The van der Waals surface area contributed by atoms with Gasteiger partial charge in [-0.1, -0.05) is 65.1 Å². The Morgan fingerprint density at radius 1 is 1.00 bits per heavy atom. The quantitative estimate of drug-likeness (QED) is 0.328. The molecule has 3 aromatic rings. The van der Waals surface area contributed by atoms with Gasteiger partial charge in [0, 0.05) is 15.6 Å². The number of anilines is 1. The molecule has 3 rings (SSSR count). The number of nitriles is 1. The molecule has 7 heteroatoms. The Labute approximate surface area is 189 Å². The third kappa shape index (κ3) is 5.77. The Morgan fingerprint density at radius 2 is 1.73 bits per heavy atom. The van der Waals surface area contributed by atoms with Crippen LogP contribution in [0.3, 0.4) is 0 Å². The first-order valence-electron chi connectivity index (χ1n) is 8.81. The molecule has 0 spiro atoms. The first-order valence-corrected chi connectivity index (χ1v) is 9.94. The maximum atomic E-state index is 12.4. The smallest absolute Gasteiger partial charge is 0.266 e. The molecule has 0 saturated carbocycles. The summed E-state index contributed by atoms with van der Waals surface area (Å²) >= 11 is 18.1. The van der Waals surface area contributed by atoms with Gasteiger partial charge in [0.1, 0.15) is 24.0 Å². The predicted octanol–water partition coefficient (Wildman–Crippen LogP) is 6.77. The second-order valence-electron chi connectivity index (χ2n) is 6.20. The topological polar surface area (TPSA) is 62.1 Å². The zero-order valence-electron chi connectivity index (χ0n) is 15.5. The van der Waals surface area contributed by atoms with Crippen molar-refractivity contribution in [3.05, 3.63) is 98.5 Å². The van der Waals surface area contributed by atoms with Crippen LogP contribution in [0.5, 0.6) is 5.75 Å². The minimum Gasteiger partial charge on any atom is -0.489 e. The fourth-order valence-corrected chi connectivity index (χ4v) is 3.06. The molecule has 30 heavy (non-hydrogen) atoms. The van der Waals surface area contributed by atoms with Crippen LogP contribution in [0.2, 0.25) is 15.1 Å². The summed E-state index contributed by atoms with van der Waals surface area (Å²) in [7, 11) is 0. The van der Waals surface area contributed by atoms with E-state index in [2.05, 4.69) is 5.32 Å². The van der Waals surface area contributed by atoms with Crippen LogP contribution in [0.15, 0.2) is 72.3 Å². The van der Waals surface area contributed by atoms with Crippen LogP contribution >= 0.6 is 34.8 Å². The Bertz CT molecular complexity index is 1140. The Hall–Kier alpha value is -2.97.